The van der Waals surface area contributed by atoms with Crippen LogP contribution in [-0.2, 0) is 17.9 Å². The summed E-state index contributed by atoms with van der Waals surface area (Å²) in [5.41, 5.74) is 1.85. The fourth-order valence-electron chi connectivity index (χ4n) is 3.58. The molecule has 0 aliphatic carbocycles. The molecule has 25 heavy (non-hydrogen) atoms. The normalized spacial score (nSPS) is 17.9. The first-order valence-corrected chi connectivity index (χ1v) is 8.81. The van der Waals surface area contributed by atoms with Crippen molar-refractivity contribution >= 4 is 16.9 Å². The number of para-hydroxylation sites is 1. The lowest BCUT2D eigenvalue weighted by Gasteiger charge is -2.33. The largest absolute Gasteiger partial charge is 0.342 e. The molecule has 4 rings (SSSR count). The van der Waals surface area contributed by atoms with Gasteiger partial charge in [0, 0.05) is 38.4 Å². The number of piperidine rings is 1. The van der Waals surface area contributed by atoms with E-state index < -0.39 is 0 Å². The molecule has 0 saturated carbocycles. The smallest absolute Gasteiger partial charge is 0.224 e. The van der Waals surface area contributed by atoms with Crippen LogP contribution in [0.25, 0.3) is 11.0 Å². The lowest BCUT2D eigenvalue weighted by molar-refractivity contribution is -0.133. The van der Waals surface area contributed by atoms with Crippen LogP contribution < -0.4 is 0 Å². The van der Waals surface area contributed by atoms with Crippen LogP contribution in [0.4, 0.5) is 0 Å². The highest BCUT2D eigenvalue weighted by atomic mass is 16.2. The number of amides is 1. The van der Waals surface area contributed by atoms with Crippen LogP contribution in [0, 0.1) is 5.92 Å². The molecule has 7 heteroatoms. The van der Waals surface area contributed by atoms with Crippen molar-refractivity contribution in [2.75, 3.05) is 13.1 Å². The Morgan fingerprint density at radius 1 is 1.28 bits per heavy atom. The number of rotatable bonds is 5. The van der Waals surface area contributed by atoms with E-state index >= 15 is 0 Å². The summed E-state index contributed by atoms with van der Waals surface area (Å²) in [5, 5.41) is 8.31. The minimum absolute atomic E-state index is 0.204. The number of benzene rings is 1. The van der Waals surface area contributed by atoms with Gasteiger partial charge in [0.25, 0.3) is 0 Å². The number of aryl methyl sites for hydroxylation is 1. The summed E-state index contributed by atoms with van der Waals surface area (Å²) in [6, 6.07) is 7.84. The fraction of sp³-hybridized carbons (Fsp3) is 0.444. The molecule has 1 atom stereocenters. The second-order valence-corrected chi connectivity index (χ2v) is 6.66. The quantitative estimate of drug-likeness (QED) is 0.713. The van der Waals surface area contributed by atoms with Gasteiger partial charge in [-0.3, -0.25) is 4.79 Å². The SMILES string of the molecule is O=C(CCn1nnc2ccccc21)N1CCCC(Cn2ccnc2)C1. The van der Waals surface area contributed by atoms with Gasteiger partial charge in [0.2, 0.25) is 5.91 Å². The summed E-state index contributed by atoms with van der Waals surface area (Å²) in [7, 11) is 0. The Bertz CT molecular complexity index is 840. The third kappa shape index (κ3) is 3.55. The van der Waals surface area contributed by atoms with Crippen LogP contribution in [0.15, 0.2) is 43.0 Å². The third-order valence-electron chi connectivity index (χ3n) is 4.86. The van der Waals surface area contributed by atoms with Crippen LogP contribution in [-0.4, -0.2) is 48.4 Å². The van der Waals surface area contributed by atoms with Gasteiger partial charge in [0.1, 0.15) is 5.52 Å². The highest BCUT2D eigenvalue weighted by molar-refractivity contribution is 5.77. The highest BCUT2D eigenvalue weighted by Crippen LogP contribution is 2.19. The first kappa shape index (κ1) is 15.8. The van der Waals surface area contributed by atoms with Crippen LogP contribution >= 0.6 is 0 Å². The maximum Gasteiger partial charge on any atom is 0.224 e. The average molecular weight is 338 g/mol. The Hall–Kier alpha value is -2.70. The number of carbonyl (C=O) groups excluding carboxylic acids is 1. The molecule has 1 aliphatic rings. The van der Waals surface area contributed by atoms with E-state index in [-0.39, 0.29) is 5.91 Å². The molecule has 1 aliphatic heterocycles. The highest BCUT2D eigenvalue weighted by Gasteiger charge is 2.23. The van der Waals surface area contributed by atoms with E-state index in [4.69, 9.17) is 0 Å². The number of nitrogens with zero attached hydrogens (tertiary/aromatic N) is 6. The summed E-state index contributed by atoms with van der Waals surface area (Å²) < 4.78 is 3.92. The molecule has 3 heterocycles. The topological polar surface area (TPSA) is 68.8 Å². The molecule has 0 radical (unpaired) electrons. The van der Waals surface area contributed by atoms with Crippen molar-refractivity contribution in [2.24, 2.45) is 5.92 Å². The van der Waals surface area contributed by atoms with Crippen molar-refractivity contribution in [1.82, 2.24) is 29.4 Å². The van der Waals surface area contributed by atoms with Gasteiger partial charge in [-0.25, -0.2) is 9.67 Å². The molecular weight excluding hydrogens is 316 g/mol. The van der Waals surface area contributed by atoms with Gasteiger partial charge in [0.05, 0.1) is 18.4 Å². The van der Waals surface area contributed by atoms with E-state index in [9.17, 15) is 4.79 Å². The monoisotopic (exact) mass is 338 g/mol. The van der Waals surface area contributed by atoms with E-state index in [1.165, 1.54) is 0 Å². The van der Waals surface area contributed by atoms with Crippen molar-refractivity contribution in [3.63, 3.8) is 0 Å². The Labute approximate surface area is 146 Å². The molecule has 3 aromatic rings. The lowest BCUT2D eigenvalue weighted by Crippen LogP contribution is -2.41. The molecule has 1 unspecified atom stereocenters. The number of hydrogen-bond donors (Lipinski definition) is 0. The van der Waals surface area contributed by atoms with Gasteiger partial charge in [-0.2, -0.15) is 0 Å². The van der Waals surface area contributed by atoms with Gasteiger partial charge < -0.3 is 9.47 Å². The Morgan fingerprint density at radius 2 is 2.20 bits per heavy atom. The Morgan fingerprint density at radius 3 is 3.08 bits per heavy atom. The zero-order valence-corrected chi connectivity index (χ0v) is 14.2. The summed E-state index contributed by atoms with van der Waals surface area (Å²) in [6.45, 7) is 3.19. The summed E-state index contributed by atoms with van der Waals surface area (Å²) >= 11 is 0. The molecule has 1 fully saturated rings. The molecule has 130 valence electrons. The van der Waals surface area contributed by atoms with E-state index in [1.54, 1.807) is 6.20 Å². The van der Waals surface area contributed by atoms with Crippen molar-refractivity contribution in [2.45, 2.75) is 32.4 Å². The average Bonchev–Trinajstić information content (AvgIpc) is 3.30. The summed E-state index contributed by atoms with van der Waals surface area (Å²) in [4.78, 5) is 18.7. The number of fused-ring (bicyclic) bond motifs is 1. The van der Waals surface area contributed by atoms with Crippen LogP contribution in [0.5, 0.6) is 0 Å². The van der Waals surface area contributed by atoms with Crippen LogP contribution in [0.2, 0.25) is 0 Å². The maximum absolute atomic E-state index is 12.6. The van der Waals surface area contributed by atoms with Gasteiger partial charge in [-0.1, -0.05) is 17.3 Å². The molecular formula is C18H22N6O. The lowest BCUT2D eigenvalue weighted by atomic mass is 9.97. The van der Waals surface area contributed by atoms with E-state index in [2.05, 4.69) is 19.9 Å². The fourth-order valence-corrected chi connectivity index (χ4v) is 3.58. The van der Waals surface area contributed by atoms with Crippen LogP contribution in [0.1, 0.15) is 19.3 Å². The first-order chi connectivity index (χ1) is 12.3. The van der Waals surface area contributed by atoms with Crippen molar-refractivity contribution in [3.8, 4) is 0 Å². The number of carbonyl (C=O) groups is 1. The van der Waals surface area contributed by atoms with Gasteiger partial charge in [-0.05, 0) is 30.9 Å². The molecule has 1 aromatic carbocycles. The molecule has 7 nitrogen and oxygen atoms in total. The predicted molar refractivity (Wildman–Crippen MR) is 93.7 cm³/mol. The number of aromatic nitrogens is 5. The van der Waals surface area contributed by atoms with Crippen molar-refractivity contribution < 1.29 is 4.79 Å². The number of hydrogen-bond acceptors (Lipinski definition) is 4. The second kappa shape index (κ2) is 7.04. The number of imidazole rings is 1. The Balaban J connectivity index is 1.34. The Kier molecular flexibility index (Phi) is 4.45. The first-order valence-electron chi connectivity index (χ1n) is 8.81. The van der Waals surface area contributed by atoms with Gasteiger partial charge in [-0.15, -0.1) is 5.10 Å². The van der Waals surface area contributed by atoms with E-state index in [1.807, 2.05) is 46.4 Å². The predicted octanol–water partition coefficient (Wildman–Crippen LogP) is 1.96. The third-order valence-corrected chi connectivity index (χ3v) is 4.86. The van der Waals surface area contributed by atoms with E-state index in [0.29, 0.717) is 18.9 Å². The zero-order valence-electron chi connectivity index (χ0n) is 14.2. The molecule has 0 spiro atoms. The van der Waals surface area contributed by atoms with Gasteiger partial charge >= 0.3 is 0 Å². The van der Waals surface area contributed by atoms with Gasteiger partial charge in [0.15, 0.2) is 0 Å². The van der Waals surface area contributed by atoms with Crippen LogP contribution in [0.3, 0.4) is 0 Å². The molecule has 0 N–H and O–H groups in total. The van der Waals surface area contributed by atoms with Crippen molar-refractivity contribution in [1.29, 1.82) is 0 Å². The molecule has 1 amide bonds. The molecule has 1 saturated heterocycles. The van der Waals surface area contributed by atoms with E-state index in [0.717, 1.165) is 43.5 Å². The second-order valence-electron chi connectivity index (χ2n) is 6.66. The number of likely N-dealkylation sites (tertiary alicyclic amines) is 1. The maximum atomic E-state index is 12.6. The standard InChI is InChI=1S/C18H22N6O/c25-18(7-10-24-17-6-2-1-5-16(17)20-21-24)23-9-3-4-15(13-23)12-22-11-8-19-14-22/h1-2,5-6,8,11,14-15H,3-4,7,9-10,12-13H2. The molecule has 0 bridgehead atoms. The summed E-state index contributed by atoms with van der Waals surface area (Å²) in [6.07, 6.45) is 8.32. The zero-order chi connectivity index (χ0) is 17.1. The minimum Gasteiger partial charge on any atom is -0.342 e. The minimum atomic E-state index is 0.204. The molecule has 2 aromatic heterocycles. The summed E-state index contributed by atoms with van der Waals surface area (Å²) in [5.74, 6) is 0.703. The van der Waals surface area contributed by atoms with Crippen molar-refractivity contribution in [3.05, 3.63) is 43.0 Å².